The van der Waals surface area contributed by atoms with Crippen molar-refractivity contribution in [3.63, 3.8) is 0 Å². The predicted molar refractivity (Wildman–Crippen MR) is 80.8 cm³/mol. The number of nitrogens with zero attached hydrogens (tertiary/aromatic N) is 2. The first-order chi connectivity index (χ1) is 10.0. The SMILES string of the molecule is Cc1cnc(CN2C(=O)C3(CCCCC3)NC(=O)C2C)s1. The highest BCUT2D eigenvalue weighted by Gasteiger charge is 2.49. The van der Waals surface area contributed by atoms with Gasteiger partial charge in [0.15, 0.2) is 0 Å². The number of carbonyl (C=O) groups excluding carboxylic acids is 2. The monoisotopic (exact) mass is 307 g/mol. The van der Waals surface area contributed by atoms with Gasteiger partial charge >= 0.3 is 0 Å². The number of amides is 2. The molecule has 1 saturated carbocycles. The van der Waals surface area contributed by atoms with Crippen LogP contribution in [0.1, 0.15) is 48.9 Å². The van der Waals surface area contributed by atoms with Gasteiger partial charge in [-0.2, -0.15) is 0 Å². The van der Waals surface area contributed by atoms with Crippen molar-refractivity contribution in [2.75, 3.05) is 0 Å². The predicted octanol–water partition coefficient (Wildman–Crippen LogP) is 2.00. The maximum atomic E-state index is 13.0. The minimum absolute atomic E-state index is 0.0372. The van der Waals surface area contributed by atoms with Gasteiger partial charge in [0, 0.05) is 11.1 Å². The van der Waals surface area contributed by atoms with Crippen LogP contribution in [0.15, 0.2) is 6.20 Å². The minimum atomic E-state index is -0.659. The lowest BCUT2D eigenvalue weighted by molar-refractivity contribution is -0.156. The highest BCUT2D eigenvalue weighted by molar-refractivity contribution is 7.11. The van der Waals surface area contributed by atoms with Gasteiger partial charge in [-0.15, -0.1) is 11.3 Å². The van der Waals surface area contributed by atoms with Crippen LogP contribution < -0.4 is 5.32 Å². The highest BCUT2D eigenvalue weighted by atomic mass is 32.1. The van der Waals surface area contributed by atoms with E-state index in [1.54, 1.807) is 23.2 Å². The fourth-order valence-corrected chi connectivity index (χ4v) is 4.10. The van der Waals surface area contributed by atoms with Crippen LogP contribution in [-0.4, -0.2) is 33.3 Å². The second kappa shape index (κ2) is 5.40. The standard InChI is InChI=1S/C15H21N3O2S/c1-10-8-16-12(21-10)9-18-11(2)13(19)17-15(14(18)20)6-4-3-5-7-15/h8,11H,3-7,9H2,1-2H3,(H,17,19). The van der Waals surface area contributed by atoms with E-state index in [1.807, 2.05) is 13.1 Å². The third kappa shape index (κ3) is 2.57. The Morgan fingerprint density at radius 2 is 2.10 bits per heavy atom. The topological polar surface area (TPSA) is 62.3 Å². The van der Waals surface area contributed by atoms with Gasteiger partial charge in [-0.25, -0.2) is 4.98 Å². The van der Waals surface area contributed by atoms with Crippen LogP contribution in [0.5, 0.6) is 0 Å². The third-order valence-electron chi connectivity index (χ3n) is 4.56. The summed E-state index contributed by atoms with van der Waals surface area (Å²) in [7, 11) is 0. The van der Waals surface area contributed by atoms with Crippen LogP contribution in [0.4, 0.5) is 0 Å². The molecule has 1 aromatic heterocycles. The molecule has 114 valence electrons. The molecule has 1 spiro atoms. The molecular formula is C15H21N3O2S. The minimum Gasteiger partial charge on any atom is -0.340 e. The van der Waals surface area contributed by atoms with Crippen LogP contribution in [0.2, 0.25) is 0 Å². The van der Waals surface area contributed by atoms with Crippen LogP contribution in [0.3, 0.4) is 0 Å². The molecule has 2 fully saturated rings. The van der Waals surface area contributed by atoms with Crippen molar-refractivity contribution < 1.29 is 9.59 Å². The zero-order valence-corrected chi connectivity index (χ0v) is 13.3. The molecule has 1 unspecified atom stereocenters. The van der Waals surface area contributed by atoms with E-state index in [4.69, 9.17) is 0 Å². The van der Waals surface area contributed by atoms with Gasteiger partial charge in [-0.3, -0.25) is 9.59 Å². The van der Waals surface area contributed by atoms with Crippen LogP contribution >= 0.6 is 11.3 Å². The van der Waals surface area contributed by atoms with Gasteiger partial charge < -0.3 is 10.2 Å². The van der Waals surface area contributed by atoms with Crippen molar-refractivity contribution in [2.24, 2.45) is 0 Å². The van der Waals surface area contributed by atoms with Gasteiger partial charge in [0.2, 0.25) is 11.8 Å². The van der Waals surface area contributed by atoms with Gasteiger partial charge in [-0.05, 0) is 26.7 Å². The number of thiazole rings is 1. The molecule has 1 N–H and O–H groups in total. The van der Waals surface area contributed by atoms with Crippen molar-refractivity contribution in [2.45, 2.75) is 64.1 Å². The largest absolute Gasteiger partial charge is 0.340 e. The number of aromatic nitrogens is 1. The first-order valence-electron chi connectivity index (χ1n) is 7.56. The third-order valence-corrected chi connectivity index (χ3v) is 5.46. The molecule has 2 aliphatic rings. The van der Waals surface area contributed by atoms with Gasteiger partial charge in [-0.1, -0.05) is 19.3 Å². The zero-order valence-electron chi connectivity index (χ0n) is 12.5. The Kier molecular flexibility index (Phi) is 3.73. The average Bonchev–Trinajstić information content (AvgIpc) is 2.88. The molecule has 21 heavy (non-hydrogen) atoms. The zero-order chi connectivity index (χ0) is 15.0. The second-order valence-electron chi connectivity index (χ2n) is 6.11. The van der Waals surface area contributed by atoms with Crippen LogP contribution in [0, 0.1) is 6.92 Å². The Morgan fingerprint density at radius 1 is 1.38 bits per heavy atom. The van der Waals surface area contributed by atoms with Crippen LogP contribution in [0.25, 0.3) is 0 Å². The molecule has 0 aromatic carbocycles. The number of aryl methyl sites for hydroxylation is 1. The van der Waals surface area contributed by atoms with E-state index < -0.39 is 11.6 Å². The van der Waals surface area contributed by atoms with Crippen molar-refractivity contribution in [3.8, 4) is 0 Å². The molecule has 0 radical (unpaired) electrons. The Balaban J connectivity index is 1.86. The van der Waals surface area contributed by atoms with E-state index in [1.165, 1.54) is 0 Å². The molecule has 1 atom stereocenters. The summed E-state index contributed by atoms with van der Waals surface area (Å²) in [5.41, 5.74) is -0.659. The van der Waals surface area contributed by atoms with Crippen LogP contribution in [-0.2, 0) is 16.1 Å². The van der Waals surface area contributed by atoms with E-state index >= 15 is 0 Å². The highest BCUT2D eigenvalue weighted by Crippen LogP contribution is 2.34. The van der Waals surface area contributed by atoms with E-state index in [0.29, 0.717) is 6.54 Å². The summed E-state index contributed by atoms with van der Waals surface area (Å²) in [4.78, 5) is 32.4. The van der Waals surface area contributed by atoms with E-state index in [9.17, 15) is 9.59 Å². The molecule has 3 rings (SSSR count). The molecule has 2 amide bonds. The Bertz CT molecular complexity index is 563. The smallest absolute Gasteiger partial charge is 0.249 e. The first kappa shape index (κ1) is 14.5. The summed E-state index contributed by atoms with van der Waals surface area (Å²) >= 11 is 1.59. The van der Waals surface area contributed by atoms with Crippen molar-refractivity contribution >= 4 is 23.2 Å². The molecule has 6 heteroatoms. The van der Waals surface area contributed by atoms with Crippen molar-refractivity contribution in [1.29, 1.82) is 0 Å². The van der Waals surface area contributed by atoms with Crippen molar-refractivity contribution in [3.05, 3.63) is 16.1 Å². The summed E-state index contributed by atoms with van der Waals surface area (Å²) in [6.07, 6.45) is 6.49. The summed E-state index contributed by atoms with van der Waals surface area (Å²) in [6, 6.07) is -0.422. The van der Waals surface area contributed by atoms with E-state index in [-0.39, 0.29) is 11.8 Å². The molecular weight excluding hydrogens is 286 g/mol. The molecule has 1 aromatic rings. The summed E-state index contributed by atoms with van der Waals surface area (Å²) in [6.45, 7) is 4.23. The van der Waals surface area contributed by atoms with Crippen molar-refractivity contribution in [1.82, 2.24) is 15.2 Å². The molecule has 1 saturated heterocycles. The molecule has 1 aliphatic carbocycles. The molecule has 5 nitrogen and oxygen atoms in total. The van der Waals surface area contributed by atoms with Gasteiger partial charge in [0.05, 0.1) is 6.54 Å². The lowest BCUT2D eigenvalue weighted by Gasteiger charge is -2.46. The lowest BCUT2D eigenvalue weighted by atomic mass is 9.78. The molecule has 0 bridgehead atoms. The summed E-state index contributed by atoms with van der Waals surface area (Å²) in [5, 5.41) is 3.90. The Labute approximate surface area is 128 Å². The maximum Gasteiger partial charge on any atom is 0.249 e. The number of hydrogen-bond acceptors (Lipinski definition) is 4. The van der Waals surface area contributed by atoms with E-state index in [2.05, 4.69) is 10.3 Å². The Hall–Kier alpha value is -1.43. The van der Waals surface area contributed by atoms with Gasteiger partial charge in [0.1, 0.15) is 16.6 Å². The fourth-order valence-electron chi connectivity index (χ4n) is 3.31. The van der Waals surface area contributed by atoms with E-state index in [0.717, 1.165) is 42.0 Å². The fraction of sp³-hybridized carbons (Fsp3) is 0.667. The van der Waals surface area contributed by atoms with Gasteiger partial charge in [0.25, 0.3) is 0 Å². The lowest BCUT2D eigenvalue weighted by Crippen LogP contribution is -2.69. The number of rotatable bonds is 2. The first-order valence-corrected chi connectivity index (χ1v) is 8.38. The quantitative estimate of drug-likeness (QED) is 0.909. The number of nitrogens with one attached hydrogen (secondary N) is 1. The average molecular weight is 307 g/mol. The normalized spacial score (nSPS) is 25.2. The number of carbonyl (C=O) groups is 2. The maximum absolute atomic E-state index is 13.0. The second-order valence-corrected chi connectivity index (χ2v) is 7.43. The summed E-state index contributed by atoms with van der Waals surface area (Å²) in [5.74, 6) is 0.0342. The molecule has 2 heterocycles. The Morgan fingerprint density at radius 3 is 2.71 bits per heavy atom. The number of piperazine rings is 1. The number of hydrogen-bond donors (Lipinski definition) is 1. The summed E-state index contributed by atoms with van der Waals surface area (Å²) < 4.78 is 0. The molecule has 1 aliphatic heterocycles.